The lowest BCUT2D eigenvalue weighted by Crippen LogP contribution is -2.20. The Hall–Kier alpha value is -3.26. The standard InChI is InChI=1S/C20H20N6O2/c1-25-10-5-8-16(25)18-22-20(28-24-18)15-9-11-26(12-15)13-17-21-19(27-23-17)14-6-3-2-4-7-14/h2-8,10,15H,9,11-13H2,1H3. The molecule has 1 saturated heterocycles. The van der Waals surface area contributed by atoms with E-state index in [9.17, 15) is 0 Å². The Bertz CT molecular complexity index is 1070. The lowest BCUT2D eigenvalue weighted by molar-refractivity contribution is 0.297. The predicted molar refractivity (Wildman–Crippen MR) is 101 cm³/mol. The highest BCUT2D eigenvalue weighted by atomic mass is 16.5. The van der Waals surface area contributed by atoms with Crippen LogP contribution in [0.2, 0.25) is 0 Å². The minimum absolute atomic E-state index is 0.224. The van der Waals surface area contributed by atoms with Crippen LogP contribution in [0.1, 0.15) is 24.1 Å². The first-order valence-corrected chi connectivity index (χ1v) is 9.32. The summed E-state index contributed by atoms with van der Waals surface area (Å²) < 4.78 is 12.9. The zero-order chi connectivity index (χ0) is 18.9. The van der Waals surface area contributed by atoms with Crippen molar-refractivity contribution in [1.29, 1.82) is 0 Å². The van der Waals surface area contributed by atoms with Crippen molar-refractivity contribution in [3.63, 3.8) is 0 Å². The van der Waals surface area contributed by atoms with E-state index in [0.717, 1.165) is 30.8 Å². The van der Waals surface area contributed by atoms with E-state index < -0.39 is 0 Å². The van der Waals surface area contributed by atoms with Crippen LogP contribution in [0.25, 0.3) is 23.0 Å². The molecule has 0 N–H and O–H groups in total. The van der Waals surface area contributed by atoms with Gasteiger partial charge in [0.05, 0.1) is 18.2 Å². The van der Waals surface area contributed by atoms with Gasteiger partial charge in [-0.25, -0.2) is 0 Å². The maximum Gasteiger partial charge on any atom is 0.257 e. The normalized spacial score (nSPS) is 17.4. The lowest BCUT2D eigenvalue weighted by atomic mass is 10.1. The summed E-state index contributed by atoms with van der Waals surface area (Å²) in [6.45, 7) is 2.41. The summed E-state index contributed by atoms with van der Waals surface area (Å²) in [5.41, 5.74) is 1.88. The third kappa shape index (κ3) is 3.22. The van der Waals surface area contributed by atoms with E-state index in [4.69, 9.17) is 9.05 Å². The molecule has 1 fully saturated rings. The first-order valence-electron chi connectivity index (χ1n) is 9.32. The second-order valence-corrected chi connectivity index (χ2v) is 7.06. The van der Waals surface area contributed by atoms with E-state index >= 15 is 0 Å². The van der Waals surface area contributed by atoms with Crippen LogP contribution >= 0.6 is 0 Å². The maximum absolute atomic E-state index is 5.54. The number of aromatic nitrogens is 5. The van der Waals surface area contributed by atoms with Crippen LogP contribution in [-0.2, 0) is 13.6 Å². The van der Waals surface area contributed by atoms with E-state index in [2.05, 4.69) is 25.2 Å². The molecule has 8 heteroatoms. The largest absolute Gasteiger partial charge is 0.348 e. The van der Waals surface area contributed by atoms with Gasteiger partial charge in [-0.3, -0.25) is 4.90 Å². The first-order chi connectivity index (χ1) is 13.8. The van der Waals surface area contributed by atoms with E-state index in [1.807, 2.05) is 60.3 Å². The van der Waals surface area contributed by atoms with Gasteiger partial charge in [0.25, 0.3) is 5.89 Å². The molecule has 0 saturated carbocycles. The monoisotopic (exact) mass is 376 g/mol. The van der Waals surface area contributed by atoms with Gasteiger partial charge < -0.3 is 13.6 Å². The van der Waals surface area contributed by atoms with Gasteiger partial charge in [0.15, 0.2) is 5.82 Å². The van der Waals surface area contributed by atoms with Gasteiger partial charge >= 0.3 is 0 Å². The van der Waals surface area contributed by atoms with Crippen molar-refractivity contribution < 1.29 is 9.05 Å². The molecule has 0 spiro atoms. The number of aryl methyl sites for hydroxylation is 1. The molecule has 4 aromatic rings. The van der Waals surface area contributed by atoms with Crippen molar-refractivity contribution >= 4 is 0 Å². The average Bonchev–Trinajstić information content (AvgIpc) is 3.50. The van der Waals surface area contributed by atoms with Crippen LogP contribution in [0.4, 0.5) is 0 Å². The van der Waals surface area contributed by atoms with Crippen LogP contribution in [-0.4, -0.2) is 42.8 Å². The summed E-state index contributed by atoms with van der Waals surface area (Å²) in [5.74, 6) is 2.79. The van der Waals surface area contributed by atoms with Crippen molar-refractivity contribution in [2.24, 2.45) is 7.05 Å². The van der Waals surface area contributed by atoms with Gasteiger partial charge in [0, 0.05) is 25.4 Å². The van der Waals surface area contributed by atoms with Gasteiger partial charge in [-0.2, -0.15) is 9.97 Å². The zero-order valence-electron chi connectivity index (χ0n) is 15.5. The van der Waals surface area contributed by atoms with Crippen LogP contribution < -0.4 is 0 Å². The molecule has 142 valence electrons. The number of hydrogen-bond acceptors (Lipinski definition) is 7. The molecule has 4 heterocycles. The van der Waals surface area contributed by atoms with Gasteiger partial charge in [-0.05, 0) is 37.2 Å². The second-order valence-electron chi connectivity index (χ2n) is 7.06. The Morgan fingerprint density at radius 1 is 1.04 bits per heavy atom. The third-order valence-electron chi connectivity index (χ3n) is 5.09. The van der Waals surface area contributed by atoms with E-state index in [1.165, 1.54) is 0 Å². The van der Waals surface area contributed by atoms with Crippen LogP contribution in [0.15, 0.2) is 57.7 Å². The molecule has 3 aromatic heterocycles. The van der Waals surface area contributed by atoms with Crippen LogP contribution in [0.5, 0.6) is 0 Å². The lowest BCUT2D eigenvalue weighted by Gasteiger charge is -2.11. The molecule has 0 amide bonds. The highest BCUT2D eigenvalue weighted by Gasteiger charge is 2.29. The quantitative estimate of drug-likeness (QED) is 0.529. The smallest absolute Gasteiger partial charge is 0.257 e. The Kier molecular flexibility index (Phi) is 4.25. The third-order valence-corrected chi connectivity index (χ3v) is 5.09. The summed E-state index contributed by atoms with van der Waals surface area (Å²) in [5, 5.41) is 8.26. The predicted octanol–water partition coefficient (Wildman–Crippen LogP) is 3.11. The molecule has 0 aliphatic carbocycles. The van der Waals surface area contributed by atoms with Gasteiger partial charge in [-0.15, -0.1) is 0 Å². The highest BCUT2D eigenvalue weighted by Crippen LogP contribution is 2.28. The molecule has 1 aromatic carbocycles. The molecule has 0 bridgehead atoms. The topological polar surface area (TPSA) is 86.0 Å². The Morgan fingerprint density at radius 2 is 1.93 bits per heavy atom. The summed E-state index contributed by atoms with van der Waals surface area (Å²) in [7, 11) is 1.97. The SMILES string of the molecule is Cn1cccc1-c1noc(C2CCN(Cc3noc(-c4ccccc4)n3)C2)n1. The number of nitrogens with zero attached hydrogens (tertiary/aromatic N) is 6. The molecule has 28 heavy (non-hydrogen) atoms. The Labute approximate surface area is 161 Å². The van der Waals surface area contributed by atoms with Crippen LogP contribution in [0, 0.1) is 0 Å². The fourth-order valence-electron chi connectivity index (χ4n) is 3.59. The van der Waals surface area contributed by atoms with E-state index in [-0.39, 0.29) is 5.92 Å². The Balaban J connectivity index is 1.24. The number of hydrogen-bond donors (Lipinski definition) is 0. The van der Waals surface area contributed by atoms with Gasteiger partial charge in [0.2, 0.25) is 11.7 Å². The minimum atomic E-state index is 0.224. The van der Waals surface area contributed by atoms with Crippen molar-refractivity contribution in [1.82, 2.24) is 29.7 Å². The molecular weight excluding hydrogens is 356 g/mol. The van der Waals surface area contributed by atoms with Crippen molar-refractivity contribution in [2.75, 3.05) is 13.1 Å². The molecule has 0 radical (unpaired) electrons. The molecule has 5 rings (SSSR count). The molecule has 1 atom stereocenters. The average molecular weight is 376 g/mol. The molecule has 1 aliphatic heterocycles. The fourth-order valence-corrected chi connectivity index (χ4v) is 3.59. The second kappa shape index (κ2) is 7.05. The van der Waals surface area contributed by atoms with Crippen molar-refractivity contribution in [3.05, 3.63) is 60.4 Å². The summed E-state index contributed by atoms with van der Waals surface area (Å²) in [4.78, 5) is 11.4. The molecule has 1 unspecified atom stereocenters. The van der Waals surface area contributed by atoms with Gasteiger partial charge in [0.1, 0.15) is 0 Å². The van der Waals surface area contributed by atoms with Crippen molar-refractivity contribution in [3.8, 4) is 23.0 Å². The van der Waals surface area contributed by atoms with E-state index in [0.29, 0.717) is 30.0 Å². The zero-order valence-corrected chi connectivity index (χ0v) is 15.5. The molecule has 8 nitrogen and oxygen atoms in total. The van der Waals surface area contributed by atoms with Crippen molar-refractivity contribution in [2.45, 2.75) is 18.9 Å². The number of rotatable bonds is 5. The summed E-state index contributed by atoms with van der Waals surface area (Å²) in [6.07, 6.45) is 2.94. The highest BCUT2D eigenvalue weighted by molar-refractivity contribution is 5.52. The van der Waals surface area contributed by atoms with E-state index in [1.54, 1.807) is 0 Å². The van der Waals surface area contributed by atoms with Crippen LogP contribution in [0.3, 0.4) is 0 Å². The van der Waals surface area contributed by atoms with Gasteiger partial charge in [-0.1, -0.05) is 28.5 Å². The number of benzene rings is 1. The maximum atomic E-state index is 5.54. The summed E-state index contributed by atoms with van der Waals surface area (Å²) >= 11 is 0. The molecule has 1 aliphatic rings. The first kappa shape index (κ1) is 16.9. The minimum Gasteiger partial charge on any atom is -0.348 e. The fraction of sp³-hybridized carbons (Fsp3) is 0.300. The Morgan fingerprint density at radius 3 is 2.75 bits per heavy atom. The molecular formula is C20H20N6O2. The number of likely N-dealkylation sites (tertiary alicyclic amines) is 1. The summed E-state index contributed by atoms with van der Waals surface area (Å²) in [6, 6.07) is 13.8.